The topological polar surface area (TPSA) is 0 Å². The molecule has 0 amide bonds. The Morgan fingerprint density at radius 1 is 1.06 bits per heavy atom. The molecule has 0 saturated carbocycles. The van der Waals surface area contributed by atoms with Crippen LogP contribution in [0.4, 0.5) is 8.78 Å². The van der Waals surface area contributed by atoms with E-state index in [9.17, 15) is 8.78 Å². The molecule has 0 aromatic heterocycles. The molecular formula is C16H24F2. The average Bonchev–Trinajstić information content (AvgIpc) is 2.24. The summed E-state index contributed by atoms with van der Waals surface area (Å²) in [5.74, 6) is -3.31. The van der Waals surface area contributed by atoms with E-state index in [0.717, 1.165) is 36.5 Å². The highest BCUT2D eigenvalue weighted by atomic mass is 19.3. The zero-order valence-corrected chi connectivity index (χ0v) is 12.1. The third kappa shape index (κ3) is 3.54. The molecular weight excluding hydrogens is 230 g/mol. The summed E-state index contributed by atoms with van der Waals surface area (Å²) >= 11 is 0. The van der Waals surface area contributed by atoms with E-state index in [0.29, 0.717) is 6.42 Å². The SMILES string of the molecule is CCCCC(c1cc(C)c(C)cc1C)C(C)(F)F. The highest BCUT2D eigenvalue weighted by Gasteiger charge is 2.35. The van der Waals surface area contributed by atoms with Crippen molar-refractivity contribution in [1.29, 1.82) is 0 Å². The summed E-state index contributed by atoms with van der Waals surface area (Å²) in [6.45, 7) is 9.03. The molecule has 18 heavy (non-hydrogen) atoms. The maximum absolute atomic E-state index is 13.8. The van der Waals surface area contributed by atoms with Crippen LogP contribution < -0.4 is 0 Å². The van der Waals surface area contributed by atoms with Crippen molar-refractivity contribution in [2.24, 2.45) is 0 Å². The fourth-order valence-electron chi connectivity index (χ4n) is 2.45. The van der Waals surface area contributed by atoms with Gasteiger partial charge in [-0.25, -0.2) is 8.78 Å². The maximum Gasteiger partial charge on any atom is 0.252 e. The van der Waals surface area contributed by atoms with Crippen LogP contribution >= 0.6 is 0 Å². The molecule has 0 N–H and O–H groups in total. The van der Waals surface area contributed by atoms with Crippen LogP contribution in [0.25, 0.3) is 0 Å². The lowest BCUT2D eigenvalue weighted by Gasteiger charge is -2.26. The molecule has 0 fully saturated rings. The second-order valence-corrected chi connectivity index (χ2v) is 5.44. The molecule has 1 aromatic rings. The van der Waals surface area contributed by atoms with Gasteiger partial charge in [0.15, 0.2) is 0 Å². The Labute approximate surface area is 109 Å². The van der Waals surface area contributed by atoms with Crippen LogP contribution in [0.5, 0.6) is 0 Å². The monoisotopic (exact) mass is 254 g/mol. The Morgan fingerprint density at radius 2 is 1.61 bits per heavy atom. The lowest BCUT2D eigenvalue weighted by atomic mass is 9.84. The van der Waals surface area contributed by atoms with Crippen LogP contribution in [0.2, 0.25) is 0 Å². The molecule has 2 heteroatoms. The molecule has 1 aromatic carbocycles. The first-order valence-electron chi connectivity index (χ1n) is 6.73. The smallest absolute Gasteiger partial charge is 0.207 e. The minimum Gasteiger partial charge on any atom is -0.207 e. The molecule has 0 radical (unpaired) electrons. The van der Waals surface area contributed by atoms with E-state index in [1.165, 1.54) is 5.56 Å². The third-order valence-corrected chi connectivity index (χ3v) is 3.72. The molecule has 1 atom stereocenters. The van der Waals surface area contributed by atoms with E-state index >= 15 is 0 Å². The Morgan fingerprint density at radius 3 is 2.11 bits per heavy atom. The zero-order chi connectivity index (χ0) is 13.9. The van der Waals surface area contributed by atoms with Crippen molar-refractivity contribution in [3.05, 3.63) is 34.4 Å². The van der Waals surface area contributed by atoms with Gasteiger partial charge in [-0.05, 0) is 56.4 Å². The fraction of sp³-hybridized carbons (Fsp3) is 0.625. The Hall–Kier alpha value is -0.920. The largest absolute Gasteiger partial charge is 0.252 e. The van der Waals surface area contributed by atoms with Crippen LogP contribution in [-0.2, 0) is 0 Å². The van der Waals surface area contributed by atoms with Gasteiger partial charge in [0.1, 0.15) is 0 Å². The normalized spacial score (nSPS) is 13.7. The minimum absolute atomic E-state index is 0.559. The Bertz CT molecular complexity index is 402. The molecule has 0 spiro atoms. The van der Waals surface area contributed by atoms with Gasteiger partial charge in [-0.3, -0.25) is 0 Å². The number of hydrogen-bond donors (Lipinski definition) is 0. The summed E-state index contributed by atoms with van der Waals surface area (Å²) < 4.78 is 27.6. The van der Waals surface area contributed by atoms with Crippen molar-refractivity contribution >= 4 is 0 Å². The quantitative estimate of drug-likeness (QED) is 0.647. The summed E-state index contributed by atoms with van der Waals surface area (Å²) in [4.78, 5) is 0. The summed E-state index contributed by atoms with van der Waals surface area (Å²) in [6.07, 6.45) is 2.36. The van der Waals surface area contributed by atoms with Crippen molar-refractivity contribution in [2.75, 3.05) is 0 Å². The lowest BCUT2D eigenvalue weighted by Crippen LogP contribution is -2.23. The fourth-order valence-corrected chi connectivity index (χ4v) is 2.45. The third-order valence-electron chi connectivity index (χ3n) is 3.72. The minimum atomic E-state index is -2.65. The molecule has 0 bridgehead atoms. The number of halogens is 2. The van der Waals surface area contributed by atoms with Gasteiger partial charge in [0.25, 0.3) is 5.92 Å². The number of alkyl halides is 2. The van der Waals surface area contributed by atoms with E-state index in [1.807, 2.05) is 39.8 Å². The van der Waals surface area contributed by atoms with Gasteiger partial charge < -0.3 is 0 Å². The van der Waals surface area contributed by atoms with Crippen LogP contribution in [0.3, 0.4) is 0 Å². The van der Waals surface area contributed by atoms with Gasteiger partial charge in [0.2, 0.25) is 0 Å². The van der Waals surface area contributed by atoms with Gasteiger partial charge in [-0.1, -0.05) is 31.9 Å². The summed E-state index contributed by atoms with van der Waals surface area (Å²) in [5.41, 5.74) is 4.08. The van der Waals surface area contributed by atoms with Gasteiger partial charge in [-0.15, -0.1) is 0 Å². The zero-order valence-electron chi connectivity index (χ0n) is 12.1. The van der Waals surface area contributed by atoms with E-state index in [1.54, 1.807) is 0 Å². The van der Waals surface area contributed by atoms with Crippen molar-refractivity contribution in [1.82, 2.24) is 0 Å². The Kier molecular flexibility index (Phi) is 4.89. The van der Waals surface area contributed by atoms with Gasteiger partial charge in [-0.2, -0.15) is 0 Å². The summed E-state index contributed by atoms with van der Waals surface area (Å²) in [7, 11) is 0. The highest BCUT2D eigenvalue weighted by molar-refractivity contribution is 5.39. The number of hydrogen-bond acceptors (Lipinski definition) is 0. The van der Waals surface area contributed by atoms with E-state index < -0.39 is 11.8 Å². The molecule has 0 heterocycles. The first kappa shape index (κ1) is 15.1. The predicted molar refractivity (Wildman–Crippen MR) is 73.5 cm³/mol. The van der Waals surface area contributed by atoms with Crippen molar-refractivity contribution < 1.29 is 8.78 Å². The first-order valence-corrected chi connectivity index (χ1v) is 6.73. The summed E-state index contributed by atoms with van der Waals surface area (Å²) in [6, 6.07) is 3.97. The average molecular weight is 254 g/mol. The number of unbranched alkanes of at least 4 members (excludes halogenated alkanes) is 1. The molecule has 1 rings (SSSR count). The molecule has 0 aliphatic rings. The Balaban J connectivity index is 3.16. The van der Waals surface area contributed by atoms with Gasteiger partial charge in [0.05, 0.1) is 0 Å². The second-order valence-electron chi connectivity index (χ2n) is 5.44. The van der Waals surface area contributed by atoms with E-state index in [2.05, 4.69) is 0 Å². The molecule has 102 valence electrons. The van der Waals surface area contributed by atoms with Crippen LogP contribution in [0.1, 0.15) is 61.3 Å². The van der Waals surface area contributed by atoms with Crippen LogP contribution in [0, 0.1) is 20.8 Å². The molecule has 0 aliphatic carbocycles. The predicted octanol–water partition coefficient (Wildman–Crippen LogP) is 5.54. The first-order chi connectivity index (χ1) is 8.27. The summed E-state index contributed by atoms with van der Waals surface area (Å²) in [5, 5.41) is 0. The van der Waals surface area contributed by atoms with Gasteiger partial charge in [0, 0.05) is 5.92 Å². The standard InChI is InChI=1S/C16H24F2/c1-6-7-8-15(16(5,17)18)14-10-12(3)11(2)9-13(14)4/h9-10,15H,6-8H2,1-5H3. The van der Waals surface area contributed by atoms with E-state index in [4.69, 9.17) is 0 Å². The number of aryl methyl sites for hydroxylation is 3. The number of rotatable bonds is 5. The maximum atomic E-state index is 13.8. The lowest BCUT2D eigenvalue weighted by molar-refractivity contribution is -0.0116. The second kappa shape index (κ2) is 5.81. The van der Waals surface area contributed by atoms with Crippen molar-refractivity contribution in [3.63, 3.8) is 0 Å². The van der Waals surface area contributed by atoms with Crippen molar-refractivity contribution in [3.8, 4) is 0 Å². The van der Waals surface area contributed by atoms with E-state index in [-0.39, 0.29) is 0 Å². The van der Waals surface area contributed by atoms with Crippen molar-refractivity contribution in [2.45, 2.75) is 65.7 Å². The molecule has 0 aliphatic heterocycles. The molecule has 1 unspecified atom stereocenters. The van der Waals surface area contributed by atoms with Gasteiger partial charge >= 0.3 is 0 Å². The van der Waals surface area contributed by atoms with Crippen LogP contribution in [-0.4, -0.2) is 5.92 Å². The molecule has 0 nitrogen and oxygen atoms in total. The molecule has 0 saturated heterocycles. The van der Waals surface area contributed by atoms with Crippen LogP contribution in [0.15, 0.2) is 12.1 Å². The highest BCUT2D eigenvalue weighted by Crippen LogP contribution is 2.39. The number of benzene rings is 1.